The van der Waals surface area contributed by atoms with E-state index in [0.717, 1.165) is 4.31 Å². The summed E-state index contributed by atoms with van der Waals surface area (Å²) in [5.41, 5.74) is 0.0926. The summed E-state index contributed by atoms with van der Waals surface area (Å²) in [6.07, 6.45) is 0. The van der Waals surface area contributed by atoms with E-state index in [4.69, 9.17) is 37.4 Å². The molecule has 7 nitrogen and oxygen atoms in total. The quantitative estimate of drug-likeness (QED) is 0.572. The first-order chi connectivity index (χ1) is 13.2. The lowest BCUT2D eigenvalue weighted by Gasteiger charge is -2.25. The van der Waals surface area contributed by atoms with E-state index in [1.807, 2.05) is 0 Å². The highest BCUT2D eigenvalue weighted by atomic mass is 35.5. The Morgan fingerprint density at radius 3 is 2.25 bits per heavy atom. The van der Waals surface area contributed by atoms with Gasteiger partial charge in [0.1, 0.15) is 18.0 Å². The monoisotopic (exact) mass is 447 g/mol. The normalized spacial score (nSPS) is 11.0. The first kappa shape index (κ1) is 22.1. The van der Waals surface area contributed by atoms with Gasteiger partial charge in [-0.2, -0.15) is 0 Å². The summed E-state index contributed by atoms with van der Waals surface area (Å²) >= 11 is 12.1. The predicted molar refractivity (Wildman–Crippen MR) is 107 cm³/mol. The Morgan fingerprint density at radius 1 is 1.04 bits per heavy atom. The van der Waals surface area contributed by atoms with Crippen molar-refractivity contribution in [2.75, 3.05) is 31.7 Å². The number of rotatable bonds is 8. The molecule has 2 aromatic rings. The number of sulfonamides is 1. The fourth-order valence-electron chi connectivity index (χ4n) is 2.42. The summed E-state index contributed by atoms with van der Waals surface area (Å²) in [5.74, 6) is -0.192. The maximum absolute atomic E-state index is 13.3. The standard InChI is InChI=1S/C18H19Cl2NO6S/c1-4-27-18(22)11-21(15-9-12(19)5-7-17(15)26-3)28(23,24)13-6-8-16(25-2)14(20)10-13/h5-10H,4,11H2,1-3H3. The number of hydrogen-bond acceptors (Lipinski definition) is 6. The highest BCUT2D eigenvalue weighted by molar-refractivity contribution is 7.92. The molecule has 2 aromatic carbocycles. The van der Waals surface area contributed by atoms with Crippen LogP contribution in [0.4, 0.5) is 5.69 Å². The van der Waals surface area contributed by atoms with Crippen LogP contribution in [0.1, 0.15) is 6.92 Å². The van der Waals surface area contributed by atoms with Gasteiger partial charge in [-0.15, -0.1) is 0 Å². The highest BCUT2D eigenvalue weighted by Gasteiger charge is 2.30. The molecule has 0 aliphatic heterocycles. The van der Waals surface area contributed by atoms with Gasteiger partial charge in [0.2, 0.25) is 0 Å². The van der Waals surface area contributed by atoms with Crippen molar-refractivity contribution in [3.8, 4) is 11.5 Å². The van der Waals surface area contributed by atoms with Crippen molar-refractivity contribution in [3.63, 3.8) is 0 Å². The summed E-state index contributed by atoms with van der Waals surface area (Å²) in [4.78, 5) is 12.0. The fourth-order valence-corrected chi connectivity index (χ4v) is 4.34. The molecular formula is C18H19Cl2NO6S. The summed E-state index contributed by atoms with van der Waals surface area (Å²) < 4.78 is 42.7. The molecule has 0 atom stereocenters. The Kier molecular flexibility index (Phi) is 7.40. The van der Waals surface area contributed by atoms with Gasteiger partial charge >= 0.3 is 5.97 Å². The van der Waals surface area contributed by atoms with E-state index in [1.54, 1.807) is 13.0 Å². The third-order valence-corrected chi connectivity index (χ3v) is 5.99. The van der Waals surface area contributed by atoms with E-state index >= 15 is 0 Å². The number of hydrogen-bond donors (Lipinski definition) is 0. The van der Waals surface area contributed by atoms with Crippen LogP contribution in [0.25, 0.3) is 0 Å². The molecule has 0 amide bonds. The van der Waals surface area contributed by atoms with Crippen molar-refractivity contribution < 1.29 is 27.4 Å². The number of ether oxygens (including phenoxy) is 3. The molecule has 0 unspecified atom stereocenters. The van der Waals surface area contributed by atoms with E-state index in [1.165, 1.54) is 44.6 Å². The minimum absolute atomic E-state index is 0.0926. The number of esters is 1. The van der Waals surface area contributed by atoms with Crippen molar-refractivity contribution in [1.29, 1.82) is 0 Å². The number of methoxy groups -OCH3 is 2. The largest absolute Gasteiger partial charge is 0.495 e. The molecule has 0 aromatic heterocycles. The van der Waals surface area contributed by atoms with Gasteiger partial charge in [0.05, 0.1) is 36.4 Å². The number of anilines is 1. The molecule has 0 fully saturated rings. The molecule has 0 saturated heterocycles. The molecule has 0 radical (unpaired) electrons. The molecular weight excluding hydrogens is 429 g/mol. The van der Waals surface area contributed by atoms with E-state index in [0.29, 0.717) is 5.75 Å². The number of halogens is 2. The van der Waals surface area contributed by atoms with E-state index in [9.17, 15) is 13.2 Å². The summed E-state index contributed by atoms with van der Waals surface area (Å²) in [6, 6.07) is 8.44. The Morgan fingerprint density at radius 2 is 1.68 bits per heavy atom. The zero-order chi connectivity index (χ0) is 20.9. The molecule has 28 heavy (non-hydrogen) atoms. The van der Waals surface area contributed by atoms with Crippen molar-refractivity contribution in [2.24, 2.45) is 0 Å². The molecule has 0 saturated carbocycles. The van der Waals surface area contributed by atoms with Crippen molar-refractivity contribution in [3.05, 3.63) is 46.4 Å². The highest BCUT2D eigenvalue weighted by Crippen LogP contribution is 2.36. The fraction of sp³-hybridized carbons (Fsp3) is 0.278. The van der Waals surface area contributed by atoms with Crippen molar-refractivity contribution in [2.45, 2.75) is 11.8 Å². The number of benzene rings is 2. The van der Waals surface area contributed by atoms with Gasteiger partial charge in [-0.05, 0) is 43.3 Å². The molecule has 0 N–H and O–H groups in total. The molecule has 0 aliphatic carbocycles. The maximum atomic E-state index is 13.3. The summed E-state index contributed by atoms with van der Waals surface area (Å²) in [7, 11) is -1.41. The third-order valence-electron chi connectivity index (χ3n) is 3.70. The van der Waals surface area contributed by atoms with Crippen LogP contribution in [-0.2, 0) is 19.6 Å². The average molecular weight is 448 g/mol. The molecule has 0 bridgehead atoms. The average Bonchev–Trinajstić information content (AvgIpc) is 2.66. The zero-order valence-corrected chi connectivity index (χ0v) is 17.8. The number of carbonyl (C=O) groups is 1. The van der Waals surface area contributed by atoms with Crippen LogP contribution in [0.15, 0.2) is 41.3 Å². The van der Waals surface area contributed by atoms with Gasteiger partial charge in [0, 0.05) is 5.02 Å². The molecule has 0 aliphatic rings. The predicted octanol–water partition coefficient (Wildman–Crippen LogP) is 3.77. The lowest BCUT2D eigenvalue weighted by atomic mass is 10.3. The van der Waals surface area contributed by atoms with Crippen LogP contribution in [-0.4, -0.2) is 41.8 Å². The molecule has 10 heteroatoms. The SMILES string of the molecule is CCOC(=O)CN(c1cc(Cl)ccc1OC)S(=O)(=O)c1ccc(OC)c(Cl)c1. The molecule has 0 heterocycles. The van der Waals surface area contributed by atoms with Gasteiger partial charge in [-0.25, -0.2) is 8.42 Å². The second-order valence-corrected chi connectivity index (χ2v) is 8.14. The van der Waals surface area contributed by atoms with Crippen LogP contribution in [0.3, 0.4) is 0 Å². The van der Waals surface area contributed by atoms with Gasteiger partial charge in [0.25, 0.3) is 10.0 Å². The minimum atomic E-state index is -4.21. The zero-order valence-electron chi connectivity index (χ0n) is 15.4. The van der Waals surface area contributed by atoms with Gasteiger partial charge < -0.3 is 14.2 Å². The molecule has 2 rings (SSSR count). The van der Waals surface area contributed by atoms with Gasteiger partial charge in [0.15, 0.2) is 0 Å². The summed E-state index contributed by atoms with van der Waals surface area (Å²) in [5, 5.41) is 0.380. The third kappa shape index (κ3) is 4.81. The first-order valence-corrected chi connectivity index (χ1v) is 10.3. The topological polar surface area (TPSA) is 82.1 Å². The second kappa shape index (κ2) is 9.36. The smallest absolute Gasteiger partial charge is 0.326 e. The number of carbonyl (C=O) groups excluding carboxylic acids is 1. The van der Waals surface area contributed by atoms with Crippen LogP contribution < -0.4 is 13.8 Å². The van der Waals surface area contributed by atoms with Crippen molar-refractivity contribution in [1.82, 2.24) is 0 Å². The first-order valence-electron chi connectivity index (χ1n) is 8.10. The van der Waals surface area contributed by atoms with E-state index < -0.39 is 22.5 Å². The van der Waals surface area contributed by atoms with Gasteiger partial charge in [-0.1, -0.05) is 23.2 Å². The van der Waals surface area contributed by atoms with Crippen LogP contribution in [0.2, 0.25) is 10.0 Å². The van der Waals surface area contributed by atoms with E-state index in [-0.39, 0.29) is 33.0 Å². The molecule has 0 spiro atoms. The van der Waals surface area contributed by atoms with Crippen LogP contribution in [0, 0.1) is 0 Å². The van der Waals surface area contributed by atoms with Crippen molar-refractivity contribution >= 4 is 44.9 Å². The van der Waals surface area contributed by atoms with Crippen LogP contribution >= 0.6 is 23.2 Å². The minimum Gasteiger partial charge on any atom is -0.495 e. The lowest BCUT2D eigenvalue weighted by molar-refractivity contribution is -0.141. The maximum Gasteiger partial charge on any atom is 0.326 e. The number of nitrogens with zero attached hydrogens (tertiary/aromatic N) is 1. The Hall–Kier alpha value is -2.16. The Bertz CT molecular complexity index is 965. The summed E-state index contributed by atoms with van der Waals surface area (Å²) in [6.45, 7) is 1.16. The lowest BCUT2D eigenvalue weighted by Crippen LogP contribution is -2.37. The van der Waals surface area contributed by atoms with E-state index in [2.05, 4.69) is 0 Å². The van der Waals surface area contributed by atoms with Gasteiger partial charge in [-0.3, -0.25) is 9.10 Å². The second-order valence-electron chi connectivity index (χ2n) is 5.43. The molecule has 152 valence electrons. The Labute approximate surface area is 173 Å². The van der Waals surface area contributed by atoms with Crippen LogP contribution in [0.5, 0.6) is 11.5 Å². The Balaban J connectivity index is 2.62.